The fourth-order valence-corrected chi connectivity index (χ4v) is 4.25. The zero-order valence-electron chi connectivity index (χ0n) is 12.7. The summed E-state index contributed by atoms with van der Waals surface area (Å²) in [6.07, 6.45) is 3.73. The van der Waals surface area contributed by atoms with Gasteiger partial charge in [-0.1, -0.05) is 51.1 Å². The Labute approximate surface area is 122 Å². The van der Waals surface area contributed by atoms with Crippen LogP contribution in [0.1, 0.15) is 27.2 Å². The molecule has 0 aliphatic carbocycles. The molecule has 1 N–H and O–H groups in total. The van der Waals surface area contributed by atoms with Gasteiger partial charge in [0.25, 0.3) is 0 Å². The minimum absolute atomic E-state index is 0.345. The molecule has 0 aromatic heterocycles. The SMILES string of the molecule is CC[C@@H](O)[C@@H](/C=C/C(C)C)[S@](=O)(=NC)c1ccccc1. The first-order valence-electron chi connectivity index (χ1n) is 7.01. The van der Waals surface area contributed by atoms with Crippen LogP contribution in [0.25, 0.3) is 0 Å². The van der Waals surface area contributed by atoms with Crippen LogP contribution in [0.5, 0.6) is 0 Å². The number of nitrogens with zero attached hydrogens (tertiary/aromatic N) is 1. The standard InChI is InChI=1S/C16H25NO2S/c1-5-15(18)16(12-11-13(2)3)20(19,17-4)14-9-7-6-8-10-14/h6-13,15-16,18H,5H2,1-4H3/b12-11+/t15-,16-,20+/m1/s1. The smallest absolute Gasteiger partial charge is 0.0913 e. The topological polar surface area (TPSA) is 49.7 Å². The molecule has 0 fully saturated rings. The number of benzene rings is 1. The summed E-state index contributed by atoms with van der Waals surface area (Å²) in [4.78, 5) is 0.674. The molecular formula is C16H25NO2S. The fourth-order valence-electron chi connectivity index (χ4n) is 2.01. The Morgan fingerprint density at radius 1 is 1.25 bits per heavy atom. The third-order valence-electron chi connectivity index (χ3n) is 3.20. The third kappa shape index (κ3) is 3.93. The summed E-state index contributed by atoms with van der Waals surface area (Å²) in [5.41, 5.74) is 0. The number of hydrogen-bond acceptors (Lipinski definition) is 3. The van der Waals surface area contributed by atoms with Crippen LogP contribution in [0, 0.1) is 5.92 Å². The van der Waals surface area contributed by atoms with Crippen LogP contribution in [-0.4, -0.2) is 27.7 Å². The molecule has 112 valence electrons. The second kappa shape index (κ2) is 7.60. The van der Waals surface area contributed by atoms with Crippen molar-refractivity contribution in [1.29, 1.82) is 0 Å². The Hall–Kier alpha value is -1.13. The molecule has 0 saturated heterocycles. The lowest BCUT2D eigenvalue weighted by molar-refractivity contribution is 0.176. The highest BCUT2D eigenvalue weighted by Crippen LogP contribution is 2.24. The van der Waals surface area contributed by atoms with E-state index in [0.29, 0.717) is 17.2 Å². The van der Waals surface area contributed by atoms with Crippen molar-refractivity contribution in [3.63, 3.8) is 0 Å². The third-order valence-corrected chi connectivity index (χ3v) is 5.90. The van der Waals surface area contributed by atoms with E-state index < -0.39 is 21.1 Å². The Morgan fingerprint density at radius 2 is 1.85 bits per heavy atom. The molecule has 0 radical (unpaired) electrons. The van der Waals surface area contributed by atoms with Crippen LogP contribution >= 0.6 is 0 Å². The van der Waals surface area contributed by atoms with E-state index in [4.69, 9.17) is 0 Å². The second-order valence-electron chi connectivity index (χ2n) is 5.13. The quantitative estimate of drug-likeness (QED) is 0.817. The number of allylic oxidation sites excluding steroid dienone is 1. The average molecular weight is 295 g/mol. The lowest BCUT2D eigenvalue weighted by atomic mass is 10.1. The van der Waals surface area contributed by atoms with E-state index in [1.165, 1.54) is 0 Å². The van der Waals surface area contributed by atoms with Crippen molar-refractivity contribution in [2.45, 2.75) is 43.4 Å². The summed E-state index contributed by atoms with van der Waals surface area (Å²) in [7, 11) is -1.10. The predicted molar refractivity (Wildman–Crippen MR) is 85.3 cm³/mol. The summed E-state index contributed by atoms with van der Waals surface area (Å²) in [6, 6.07) is 9.21. The van der Waals surface area contributed by atoms with Crippen LogP contribution in [0.15, 0.2) is 51.7 Å². The van der Waals surface area contributed by atoms with Gasteiger partial charge in [0.2, 0.25) is 0 Å². The summed E-state index contributed by atoms with van der Waals surface area (Å²) < 4.78 is 17.4. The van der Waals surface area contributed by atoms with Crippen LogP contribution < -0.4 is 0 Å². The minimum atomic E-state index is -2.67. The molecule has 4 heteroatoms. The molecule has 1 aromatic carbocycles. The van der Waals surface area contributed by atoms with Gasteiger partial charge in [0.15, 0.2) is 0 Å². The van der Waals surface area contributed by atoms with E-state index in [-0.39, 0.29) is 0 Å². The Balaban J connectivity index is 3.32. The Bertz CT molecular complexity index is 543. The van der Waals surface area contributed by atoms with Gasteiger partial charge in [0.05, 0.1) is 21.1 Å². The first-order chi connectivity index (χ1) is 9.45. The minimum Gasteiger partial charge on any atom is -0.392 e. The van der Waals surface area contributed by atoms with E-state index in [1.54, 1.807) is 7.05 Å². The molecule has 0 saturated carbocycles. The van der Waals surface area contributed by atoms with Gasteiger partial charge in [0, 0.05) is 11.9 Å². The van der Waals surface area contributed by atoms with Gasteiger partial charge in [0.1, 0.15) is 0 Å². The van der Waals surface area contributed by atoms with Gasteiger partial charge < -0.3 is 5.11 Å². The molecule has 0 spiro atoms. The molecule has 0 bridgehead atoms. The van der Waals surface area contributed by atoms with Gasteiger partial charge in [-0.3, -0.25) is 0 Å². The van der Waals surface area contributed by atoms with E-state index in [2.05, 4.69) is 18.2 Å². The highest BCUT2D eigenvalue weighted by Gasteiger charge is 2.28. The predicted octanol–water partition coefficient (Wildman–Crippen LogP) is 3.50. The van der Waals surface area contributed by atoms with Crippen LogP contribution in [0.4, 0.5) is 0 Å². The lowest BCUT2D eigenvalue weighted by Crippen LogP contribution is -2.32. The maximum atomic E-state index is 13.3. The van der Waals surface area contributed by atoms with E-state index >= 15 is 0 Å². The summed E-state index contributed by atoms with van der Waals surface area (Å²) >= 11 is 0. The number of rotatable bonds is 6. The maximum Gasteiger partial charge on any atom is 0.0913 e. The van der Waals surface area contributed by atoms with E-state index in [0.717, 1.165) is 0 Å². The number of aliphatic hydroxyl groups excluding tert-OH is 1. The van der Waals surface area contributed by atoms with Crippen molar-refractivity contribution in [3.05, 3.63) is 42.5 Å². The van der Waals surface area contributed by atoms with Gasteiger partial charge >= 0.3 is 0 Å². The highest BCUT2D eigenvalue weighted by molar-refractivity contribution is 7.94. The van der Waals surface area contributed by atoms with Crippen molar-refractivity contribution in [2.24, 2.45) is 10.3 Å². The zero-order chi connectivity index (χ0) is 15.2. The van der Waals surface area contributed by atoms with E-state index in [1.807, 2.05) is 49.4 Å². The molecule has 3 atom stereocenters. The first kappa shape index (κ1) is 16.9. The maximum absolute atomic E-state index is 13.3. The first-order valence-corrected chi connectivity index (χ1v) is 8.59. The zero-order valence-corrected chi connectivity index (χ0v) is 13.5. The molecule has 1 rings (SSSR count). The van der Waals surface area contributed by atoms with Crippen molar-refractivity contribution in [1.82, 2.24) is 0 Å². The Morgan fingerprint density at radius 3 is 2.30 bits per heavy atom. The van der Waals surface area contributed by atoms with Crippen LogP contribution in [-0.2, 0) is 9.73 Å². The normalized spacial score (nSPS) is 17.9. The van der Waals surface area contributed by atoms with Gasteiger partial charge in [-0.15, -0.1) is 0 Å². The number of hydrogen-bond donors (Lipinski definition) is 1. The molecule has 0 heterocycles. The fraction of sp³-hybridized carbons (Fsp3) is 0.500. The molecule has 0 amide bonds. The monoisotopic (exact) mass is 295 g/mol. The summed E-state index contributed by atoms with van der Waals surface area (Å²) in [5.74, 6) is 0.345. The molecule has 0 aliphatic heterocycles. The van der Waals surface area contributed by atoms with Crippen molar-refractivity contribution < 1.29 is 9.32 Å². The van der Waals surface area contributed by atoms with E-state index in [9.17, 15) is 9.32 Å². The average Bonchev–Trinajstić information content (AvgIpc) is 2.47. The Kier molecular flexibility index (Phi) is 6.43. The molecule has 3 nitrogen and oxygen atoms in total. The summed E-state index contributed by atoms with van der Waals surface area (Å²) in [5, 5.41) is 9.78. The van der Waals surface area contributed by atoms with Crippen molar-refractivity contribution in [2.75, 3.05) is 7.05 Å². The number of aliphatic hydroxyl groups is 1. The van der Waals surface area contributed by atoms with Crippen LogP contribution in [0.3, 0.4) is 0 Å². The largest absolute Gasteiger partial charge is 0.392 e. The molecule has 0 unspecified atom stereocenters. The molecule has 0 aliphatic rings. The lowest BCUT2D eigenvalue weighted by Gasteiger charge is -2.23. The van der Waals surface area contributed by atoms with Gasteiger partial charge in [-0.2, -0.15) is 0 Å². The molecule has 20 heavy (non-hydrogen) atoms. The second-order valence-corrected chi connectivity index (χ2v) is 7.65. The summed E-state index contributed by atoms with van der Waals surface area (Å²) in [6.45, 7) is 6.00. The molecule has 1 aromatic rings. The van der Waals surface area contributed by atoms with Crippen molar-refractivity contribution in [3.8, 4) is 0 Å². The van der Waals surface area contributed by atoms with Gasteiger partial charge in [-0.25, -0.2) is 8.57 Å². The van der Waals surface area contributed by atoms with Crippen molar-refractivity contribution >= 4 is 9.73 Å². The molecular weight excluding hydrogens is 270 g/mol. The van der Waals surface area contributed by atoms with Gasteiger partial charge in [-0.05, 0) is 24.5 Å². The highest BCUT2D eigenvalue weighted by atomic mass is 32.2. The van der Waals surface area contributed by atoms with Crippen LogP contribution in [0.2, 0.25) is 0 Å².